The van der Waals surface area contributed by atoms with Crippen LogP contribution >= 0.6 is 0 Å². The first kappa shape index (κ1) is 24.6. The number of carbonyl (C=O) groups is 2. The van der Waals surface area contributed by atoms with Crippen LogP contribution in [0.25, 0.3) is 11.0 Å². The molecule has 2 aliphatic rings. The van der Waals surface area contributed by atoms with Crippen molar-refractivity contribution >= 4 is 34.3 Å². The van der Waals surface area contributed by atoms with Gasteiger partial charge in [0, 0.05) is 18.3 Å². The van der Waals surface area contributed by atoms with Crippen molar-refractivity contribution in [1.29, 1.82) is 0 Å². The summed E-state index contributed by atoms with van der Waals surface area (Å²) in [6, 6.07) is 1.26. The highest BCUT2D eigenvalue weighted by atomic mass is 19.4. The molecule has 15 heteroatoms. The number of aromatic amines is 1. The molecule has 1 aliphatic heterocycles. The Bertz CT molecular complexity index is 1320. The van der Waals surface area contributed by atoms with Crippen LogP contribution in [0, 0.1) is 0 Å². The maximum absolute atomic E-state index is 13.0. The van der Waals surface area contributed by atoms with Gasteiger partial charge in [0.25, 0.3) is 5.91 Å². The summed E-state index contributed by atoms with van der Waals surface area (Å²) in [5.41, 5.74) is -0.251. The number of urea groups is 1. The minimum absolute atomic E-state index is 0.0431. The topological polar surface area (TPSA) is 116 Å². The van der Waals surface area contributed by atoms with E-state index in [2.05, 4.69) is 30.2 Å². The van der Waals surface area contributed by atoms with Gasteiger partial charge in [0.05, 0.1) is 34.7 Å². The van der Waals surface area contributed by atoms with Crippen LogP contribution in [0.3, 0.4) is 0 Å². The maximum atomic E-state index is 13.0. The number of H-pyrrole nitrogens is 1. The Labute approximate surface area is 205 Å². The summed E-state index contributed by atoms with van der Waals surface area (Å²) in [7, 11) is 0. The summed E-state index contributed by atoms with van der Waals surface area (Å²) in [6.07, 6.45) is 0.782. The molecule has 2 N–H and O–H groups in total. The zero-order chi connectivity index (χ0) is 26.3. The molecule has 0 aromatic carbocycles. The van der Waals surface area contributed by atoms with Crippen LogP contribution in [-0.2, 0) is 11.0 Å². The number of nitrogens with one attached hydrogen (secondary N) is 2. The molecule has 3 amide bonds. The fourth-order valence-corrected chi connectivity index (χ4v) is 4.66. The molecule has 4 heterocycles. The molecular formula is C22H20F5N7O3. The first-order valence-corrected chi connectivity index (χ1v) is 11.3. The van der Waals surface area contributed by atoms with Crippen LogP contribution in [-0.4, -0.2) is 62.2 Å². The first-order valence-electron chi connectivity index (χ1n) is 11.3. The Morgan fingerprint density at radius 1 is 1.08 bits per heavy atom. The number of anilines is 2. The van der Waals surface area contributed by atoms with Gasteiger partial charge in [0.1, 0.15) is 6.54 Å². The van der Waals surface area contributed by atoms with E-state index < -0.39 is 36.3 Å². The summed E-state index contributed by atoms with van der Waals surface area (Å²) >= 11 is 0. The van der Waals surface area contributed by atoms with E-state index in [4.69, 9.17) is 0 Å². The van der Waals surface area contributed by atoms with Gasteiger partial charge in [-0.2, -0.15) is 22.0 Å². The zero-order valence-corrected chi connectivity index (χ0v) is 19.0. The molecule has 3 aromatic rings. The molecule has 0 bridgehead atoms. The van der Waals surface area contributed by atoms with Crippen molar-refractivity contribution in [3.8, 4) is 5.88 Å². The lowest BCUT2D eigenvalue weighted by molar-refractivity contribution is -0.137. The average Bonchev–Trinajstić information content (AvgIpc) is 3.38. The van der Waals surface area contributed by atoms with Crippen molar-refractivity contribution in [2.75, 3.05) is 16.8 Å². The third-order valence-corrected chi connectivity index (χ3v) is 6.38. The zero-order valence-electron chi connectivity index (χ0n) is 19.0. The summed E-state index contributed by atoms with van der Waals surface area (Å²) in [4.78, 5) is 35.5. The number of rotatable bonds is 6. The number of hydrogen-bond acceptors (Lipinski definition) is 7. The van der Waals surface area contributed by atoms with Gasteiger partial charge < -0.3 is 10.1 Å². The van der Waals surface area contributed by atoms with E-state index in [1.54, 1.807) is 6.07 Å². The Hall–Kier alpha value is -4.04. The second-order valence-corrected chi connectivity index (χ2v) is 8.74. The smallest absolute Gasteiger partial charge is 0.415 e. The van der Waals surface area contributed by atoms with Gasteiger partial charge in [-0.3, -0.25) is 24.7 Å². The van der Waals surface area contributed by atoms with E-state index in [0.717, 1.165) is 22.1 Å². The fraction of sp³-hybridized carbons (Fsp3) is 0.409. The lowest BCUT2D eigenvalue weighted by atomic mass is 9.90. The normalized spacial score (nSPS) is 20.8. The van der Waals surface area contributed by atoms with Gasteiger partial charge in [-0.1, -0.05) is 0 Å². The summed E-state index contributed by atoms with van der Waals surface area (Å²) < 4.78 is 68.7. The number of hydrogen-bond donors (Lipinski definition) is 2. The molecule has 0 atom stereocenters. The highest BCUT2D eigenvalue weighted by Crippen LogP contribution is 2.34. The van der Waals surface area contributed by atoms with Crippen LogP contribution in [0.1, 0.15) is 31.2 Å². The van der Waals surface area contributed by atoms with Gasteiger partial charge in [0.15, 0.2) is 5.65 Å². The molecule has 1 aliphatic carbocycles. The van der Waals surface area contributed by atoms with Crippen molar-refractivity contribution in [2.45, 2.75) is 50.6 Å². The number of amides is 3. The molecule has 0 radical (unpaired) electrons. The minimum Gasteiger partial charge on any atom is -0.415 e. The number of halogens is 5. The monoisotopic (exact) mass is 525 g/mol. The maximum Gasteiger partial charge on any atom is 0.417 e. The number of nitrogens with zero attached hydrogens (tertiary/aromatic N) is 5. The second kappa shape index (κ2) is 9.44. The summed E-state index contributed by atoms with van der Waals surface area (Å²) in [5.74, 6) is -0.753. The molecule has 0 unspecified atom stereocenters. The molecule has 37 heavy (non-hydrogen) atoms. The SMILES string of the molecule is O=C1CN(c2cncc(C(F)(F)F)c2)C(=O)N1[C@H]1CC[C@H](Nc2cnc3[nH]nc(OC(F)F)c3c2)CC1. The Balaban J connectivity index is 1.22. The highest BCUT2D eigenvalue weighted by molar-refractivity contribution is 6.12. The van der Waals surface area contributed by atoms with Crippen molar-refractivity contribution in [1.82, 2.24) is 25.1 Å². The quantitative estimate of drug-likeness (QED) is 0.367. The molecule has 10 nitrogen and oxygen atoms in total. The van der Waals surface area contributed by atoms with Crippen molar-refractivity contribution in [3.05, 3.63) is 36.3 Å². The van der Waals surface area contributed by atoms with Gasteiger partial charge in [0.2, 0.25) is 5.88 Å². The minimum atomic E-state index is -4.63. The number of alkyl halides is 5. The van der Waals surface area contributed by atoms with Gasteiger partial charge in [-0.15, -0.1) is 5.10 Å². The number of carbonyl (C=O) groups excluding carboxylic acids is 2. The third kappa shape index (κ3) is 4.97. The van der Waals surface area contributed by atoms with Crippen LogP contribution in [0.2, 0.25) is 0 Å². The average molecular weight is 525 g/mol. The van der Waals surface area contributed by atoms with E-state index in [1.165, 1.54) is 6.20 Å². The summed E-state index contributed by atoms with van der Waals surface area (Å²) in [6.45, 7) is -3.39. The number of imide groups is 1. The predicted molar refractivity (Wildman–Crippen MR) is 119 cm³/mol. The standard InChI is InChI=1S/C22H20F5N7O3/c23-20(24)37-19-16-6-13(8-29-18(16)31-32-19)30-12-1-3-14(4-2-12)34-17(35)10-33(21(34)36)15-5-11(7-28-9-15)22(25,26)27/h5-9,12,14,20,30H,1-4,10H2,(H,29,31,32)/t12-,14-. The van der Waals surface area contributed by atoms with Crippen LogP contribution < -0.4 is 15.0 Å². The van der Waals surface area contributed by atoms with Crippen LogP contribution in [0.5, 0.6) is 5.88 Å². The van der Waals surface area contributed by atoms with E-state index >= 15 is 0 Å². The van der Waals surface area contributed by atoms with E-state index in [0.29, 0.717) is 37.6 Å². The molecule has 0 spiro atoms. The van der Waals surface area contributed by atoms with Gasteiger partial charge >= 0.3 is 18.8 Å². The highest BCUT2D eigenvalue weighted by Gasteiger charge is 2.43. The molecule has 3 aromatic heterocycles. The third-order valence-electron chi connectivity index (χ3n) is 6.38. The molecule has 1 saturated heterocycles. The summed E-state index contributed by atoms with van der Waals surface area (Å²) in [5, 5.41) is 9.76. The van der Waals surface area contributed by atoms with E-state index in [9.17, 15) is 31.5 Å². The number of ether oxygens (including phenoxy) is 1. The van der Waals surface area contributed by atoms with Crippen molar-refractivity contribution in [2.24, 2.45) is 0 Å². The molecular weight excluding hydrogens is 505 g/mol. The molecule has 5 rings (SSSR count). The Morgan fingerprint density at radius 2 is 1.84 bits per heavy atom. The van der Waals surface area contributed by atoms with Crippen LogP contribution in [0.4, 0.5) is 38.1 Å². The van der Waals surface area contributed by atoms with Gasteiger partial charge in [-0.05, 0) is 37.8 Å². The molecule has 1 saturated carbocycles. The van der Waals surface area contributed by atoms with E-state index in [1.807, 2.05) is 0 Å². The number of aromatic nitrogens is 4. The predicted octanol–water partition coefficient (Wildman–Crippen LogP) is 4.17. The number of fused-ring (bicyclic) bond motifs is 1. The number of pyridine rings is 2. The van der Waals surface area contributed by atoms with Gasteiger partial charge in [-0.25, -0.2) is 9.78 Å². The lowest BCUT2D eigenvalue weighted by Gasteiger charge is -2.34. The molecule has 196 valence electrons. The molecule has 2 fully saturated rings. The van der Waals surface area contributed by atoms with Crippen molar-refractivity contribution in [3.63, 3.8) is 0 Å². The van der Waals surface area contributed by atoms with E-state index in [-0.39, 0.29) is 35.2 Å². The van der Waals surface area contributed by atoms with Crippen molar-refractivity contribution < 1.29 is 36.3 Å². The van der Waals surface area contributed by atoms with Crippen LogP contribution in [0.15, 0.2) is 30.7 Å². The largest absolute Gasteiger partial charge is 0.417 e. The fourth-order valence-electron chi connectivity index (χ4n) is 4.66. The Kier molecular flexibility index (Phi) is 6.29. The Morgan fingerprint density at radius 3 is 2.54 bits per heavy atom. The lowest BCUT2D eigenvalue weighted by Crippen LogP contribution is -2.44. The second-order valence-electron chi connectivity index (χ2n) is 8.74. The first-order chi connectivity index (χ1) is 17.6.